The first-order chi connectivity index (χ1) is 16.0. The highest BCUT2D eigenvalue weighted by Crippen LogP contribution is 2.24. The summed E-state index contributed by atoms with van der Waals surface area (Å²) in [6.45, 7) is 3.40. The normalized spacial score (nSPS) is 14.9. The van der Waals surface area contributed by atoms with Crippen LogP contribution in [-0.4, -0.2) is 41.9 Å². The van der Waals surface area contributed by atoms with E-state index in [1.165, 1.54) is 17.7 Å². The lowest BCUT2D eigenvalue weighted by Crippen LogP contribution is -2.39. The molecule has 174 valence electrons. The van der Waals surface area contributed by atoms with Gasteiger partial charge in [0.1, 0.15) is 0 Å². The summed E-state index contributed by atoms with van der Waals surface area (Å²) in [5.74, 6) is -0.142. The number of imidazole rings is 1. The molecule has 33 heavy (non-hydrogen) atoms. The quantitative estimate of drug-likeness (QED) is 0.530. The van der Waals surface area contributed by atoms with E-state index in [4.69, 9.17) is 0 Å². The van der Waals surface area contributed by atoms with E-state index in [1.54, 1.807) is 35.4 Å². The van der Waals surface area contributed by atoms with Crippen LogP contribution in [0.15, 0.2) is 72.1 Å². The number of hydrogen-bond acceptors (Lipinski definition) is 4. The second kappa shape index (κ2) is 10.2. The van der Waals surface area contributed by atoms with Gasteiger partial charge >= 0.3 is 0 Å². The molecule has 1 fully saturated rings. The lowest BCUT2D eigenvalue weighted by Gasteiger charge is -2.32. The lowest BCUT2D eigenvalue weighted by atomic mass is 10.0. The van der Waals surface area contributed by atoms with Crippen LogP contribution < -0.4 is 4.72 Å². The molecule has 2 aromatic carbocycles. The first-order valence-corrected chi connectivity index (χ1v) is 12.9. The molecule has 8 heteroatoms. The van der Waals surface area contributed by atoms with Crippen molar-refractivity contribution in [2.45, 2.75) is 50.0 Å². The minimum absolute atomic E-state index is 0.0803. The predicted octanol–water partition coefficient (Wildman–Crippen LogP) is 4.50. The van der Waals surface area contributed by atoms with E-state index >= 15 is 0 Å². The van der Waals surface area contributed by atoms with E-state index in [9.17, 15) is 13.2 Å². The fourth-order valence-electron chi connectivity index (χ4n) is 4.17. The molecule has 1 aliphatic heterocycles. The summed E-state index contributed by atoms with van der Waals surface area (Å²) >= 11 is 0. The standard InChI is InChI=1S/C25H30N4O3S/c1-2-3-5-20-8-10-22(11-9-20)27-33(31,32)24-7-4-6-21(18-24)25(30)28-15-12-23(13-16-28)29-17-14-26-19-29/h4,6-11,14,17-19,23,27H,2-3,5,12-13,15-16H2,1H3. The molecule has 0 atom stereocenters. The Labute approximate surface area is 195 Å². The smallest absolute Gasteiger partial charge is 0.261 e. The van der Waals surface area contributed by atoms with Crippen LogP contribution in [0, 0.1) is 0 Å². The maximum absolute atomic E-state index is 13.0. The van der Waals surface area contributed by atoms with Crippen LogP contribution in [0.3, 0.4) is 0 Å². The number of likely N-dealkylation sites (tertiary alicyclic amines) is 1. The monoisotopic (exact) mass is 466 g/mol. The van der Waals surface area contributed by atoms with Gasteiger partial charge in [-0.15, -0.1) is 0 Å². The van der Waals surface area contributed by atoms with Crippen molar-refractivity contribution < 1.29 is 13.2 Å². The Morgan fingerprint density at radius 2 is 1.88 bits per heavy atom. The first-order valence-electron chi connectivity index (χ1n) is 11.4. The maximum atomic E-state index is 13.0. The number of benzene rings is 2. The van der Waals surface area contributed by atoms with Gasteiger partial charge in [-0.3, -0.25) is 9.52 Å². The molecule has 0 radical (unpaired) electrons. The highest BCUT2D eigenvalue weighted by molar-refractivity contribution is 7.92. The number of nitrogens with one attached hydrogen (secondary N) is 1. The minimum atomic E-state index is -3.80. The van der Waals surface area contributed by atoms with Crippen molar-refractivity contribution in [3.8, 4) is 0 Å². The topological polar surface area (TPSA) is 84.3 Å². The molecule has 2 heterocycles. The molecule has 0 bridgehead atoms. The van der Waals surface area contributed by atoms with Gasteiger partial charge in [0, 0.05) is 42.8 Å². The molecule has 7 nitrogen and oxygen atoms in total. The Balaban J connectivity index is 1.41. The molecule has 1 amide bonds. The SMILES string of the molecule is CCCCc1ccc(NS(=O)(=O)c2cccc(C(=O)N3CCC(n4ccnc4)CC3)c2)cc1. The molecule has 1 aliphatic rings. The number of rotatable bonds is 8. The molecular formula is C25H30N4O3S. The van der Waals surface area contributed by atoms with Gasteiger partial charge in [0.05, 0.1) is 11.2 Å². The lowest BCUT2D eigenvalue weighted by molar-refractivity contribution is 0.0694. The molecule has 1 saturated heterocycles. The number of carbonyl (C=O) groups excluding carboxylic acids is 1. The number of sulfonamides is 1. The summed E-state index contributed by atoms with van der Waals surface area (Å²) in [4.78, 5) is 19.0. The first kappa shape index (κ1) is 23.0. The minimum Gasteiger partial charge on any atom is -0.338 e. The van der Waals surface area contributed by atoms with Gasteiger partial charge in [0.2, 0.25) is 0 Å². The average Bonchev–Trinajstić information content (AvgIpc) is 3.38. The third-order valence-corrected chi connectivity index (χ3v) is 7.49. The van der Waals surface area contributed by atoms with Gasteiger partial charge < -0.3 is 9.47 Å². The van der Waals surface area contributed by atoms with Crippen LogP contribution in [-0.2, 0) is 16.4 Å². The predicted molar refractivity (Wildman–Crippen MR) is 129 cm³/mol. The molecule has 1 N–H and O–H groups in total. The summed E-state index contributed by atoms with van der Waals surface area (Å²) in [6.07, 6.45) is 10.4. The second-order valence-corrected chi connectivity index (χ2v) is 10.1. The number of piperidine rings is 1. The third-order valence-electron chi connectivity index (χ3n) is 6.11. The van der Waals surface area contributed by atoms with Crippen LogP contribution in [0.2, 0.25) is 0 Å². The van der Waals surface area contributed by atoms with Crippen molar-refractivity contribution in [2.75, 3.05) is 17.8 Å². The zero-order chi connectivity index (χ0) is 23.3. The van der Waals surface area contributed by atoms with Crippen LogP contribution in [0.1, 0.15) is 54.6 Å². The molecule has 0 saturated carbocycles. The highest BCUT2D eigenvalue weighted by Gasteiger charge is 2.25. The summed E-state index contributed by atoms with van der Waals surface area (Å²) in [7, 11) is -3.80. The number of carbonyl (C=O) groups is 1. The van der Waals surface area contributed by atoms with Crippen LogP contribution in [0.5, 0.6) is 0 Å². The van der Waals surface area contributed by atoms with Crippen molar-refractivity contribution in [1.82, 2.24) is 14.5 Å². The third kappa shape index (κ3) is 5.63. The van der Waals surface area contributed by atoms with Crippen LogP contribution in [0.4, 0.5) is 5.69 Å². The van der Waals surface area contributed by atoms with Gasteiger partial charge in [0.15, 0.2) is 0 Å². The second-order valence-electron chi connectivity index (χ2n) is 8.47. The van der Waals surface area contributed by atoms with Gasteiger partial charge in [-0.2, -0.15) is 0 Å². The zero-order valence-corrected chi connectivity index (χ0v) is 19.7. The summed E-state index contributed by atoms with van der Waals surface area (Å²) in [5, 5.41) is 0. The average molecular weight is 467 g/mol. The molecule has 3 aromatic rings. The van der Waals surface area contributed by atoms with E-state index in [0.29, 0.717) is 30.4 Å². The van der Waals surface area contributed by atoms with Crippen molar-refractivity contribution >= 4 is 21.6 Å². The summed E-state index contributed by atoms with van der Waals surface area (Å²) < 4.78 is 30.6. The van der Waals surface area contributed by atoms with E-state index in [-0.39, 0.29) is 10.8 Å². The highest BCUT2D eigenvalue weighted by atomic mass is 32.2. The van der Waals surface area contributed by atoms with Crippen molar-refractivity contribution in [3.63, 3.8) is 0 Å². The maximum Gasteiger partial charge on any atom is 0.261 e. The fourth-order valence-corrected chi connectivity index (χ4v) is 5.27. The molecule has 0 aliphatic carbocycles. The van der Waals surface area contributed by atoms with Crippen LogP contribution in [0.25, 0.3) is 0 Å². The Bertz CT molecular complexity index is 1170. The number of aromatic nitrogens is 2. The Morgan fingerprint density at radius 1 is 1.12 bits per heavy atom. The summed E-state index contributed by atoms with van der Waals surface area (Å²) in [6, 6.07) is 14.1. The number of hydrogen-bond donors (Lipinski definition) is 1. The van der Waals surface area contributed by atoms with Gasteiger partial charge in [-0.1, -0.05) is 31.5 Å². The van der Waals surface area contributed by atoms with Crippen molar-refractivity contribution in [2.24, 2.45) is 0 Å². The number of aryl methyl sites for hydroxylation is 1. The molecular weight excluding hydrogens is 436 g/mol. The zero-order valence-electron chi connectivity index (χ0n) is 18.9. The van der Waals surface area contributed by atoms with Gasteiger partial charge in [-0.05, 0) is 61.6 Å². The van der Waals surface area contributed by atoms with Gasteiger partial charge in [-0.25, -0.2) is 13.4 Å². The molecule has 0 spiro atoms. The van der Waals surface area contributed by atoms with E-state index < -0.39 is 10.0 Å². The Hall–Kier alpha value is -3.13. The Kier molecular flexibility index (Phi) is 7.13. The van der Waals surface area contributed by atoms with E-state index in [0.717, 1.165) is 32.1 Å². The van der Waals surface area contributed by atoms with Crippen molar-refractivity contribution in [1.29, 1.82) is 0 Å². The number of amides is 1. The number of unbranched alkanes of at least 4 members (excludes halogenated alkanes) is 1. The number of nitrogens with zero attached hydrogens (tertiary/aromatic N) is 3. The van der Waals surface area contributed by atoms with E-state index in [1.807, 2.05) is 24.7 Å². The van der Waals surface area contributed by atoms with Gasteiger partial charge in [0.25, 0.3) is 15.9 Å². The Morgan fingerprint density at radius 3 is 2.55 bits per heavy atom. The fraction of sp³-hybridized carbons (Fsp3) is 0.360. The molecule has 1 aromatic heterocycles. The number of anilines is 1. The van der Waals surface area contributed by atoms with E-state index in [2.05, 4.69) is 21.2 Å². The van der Waals surface area contributed by atoms with Crippen LogP contribution >= 0.6 is 0 Å². The molecule has 4 rings (SSSR count). The summed E-state index contributed by atoms with van der Waals surface area (Å²) in [5.41, 5.74) is 2.08. The molecule has 0 unspecified atom stereocenters. The largest absolute Gasteiger partial charge is 0.338 e. The van der Waals surface area contributed by atoms with Crippen molar-refractivity contribution in [3.05, 3.63) is 78.4 Å².